The molecular formula is C20H28N3OS2+. The van der Waals surface area contributed by atoms with Gasteiger partial charge in [0.05, 0.1) is 32.3 Å². The Labute approximate surface area is 165 Å². The van der Waals surface area contributed by atoms with Crippen molar-refractivity contribution in [3.8, 4) is 0 Å². The maximum Gasteiger partial charge on any atom is 0.167 e. The second-order valence-electron chi connectivity index (χ2n) is 6.56. The van der Waals surface area contributed by atoms with E-state index in [4.69, 9.17) is 17.0 Å². The van der Waals surface area contributed by atoms with Crippen LogP contribution in [0.3, 0.4) is 0 Å². The van der Waals surface area contributed by atoms with Crippen molar-refractivity contribution in [3.63, 3.8) is 0 Å². The molecule has 3 N–H and O–H groups in total. The summed E-state index contributed by atoms with van der Waals surface area (Å²) in [6, 6.07) is 13.2. The average molecular weight is 391 g/mol. The van der Waals surface area contributed by atoms with Gasteiger partial charge in [-0.3, -0.25) is 0 Å². The Hall–Kier alpha value is -1.47. The number of rotatable bonds is 7. The van der Waals surface area contributed by atoms with E-state index in [1.807, 2.05) is 0 Å². The first kappa shape index (κ1) is 19.3. The molecule has 6 heteroatoms. The van der Waals surface area contributed by atoms with Crippen LogP contribution in [0.25, 0.3) is 0 Å². The summed E-state index contributed by atoms with van der Waals surface area (Å²) in [6.07, 6.45) is 1.06. The van der Waals surface area contributed by atoms with Crippen LogP contribution in [-0.4, -0.2) is 44.5 Å². The molecule has 0 spiro atoms. The van der Waals surface area contributed by atoms with Crippen molar-refractivity contribution in [2.24, 2.45) is 0 Å². The van der Waals surface area contributed by atoms with Crippen molar-refractivity contribution in [1.29, 1.82) is 0 Å². The first-order valence-electron chi connectivity index (χ1n) is 9.34. The summed E-state index contributed by atoms with van der Waals surface area (Å²) in [5.74, 6) is 0. The van der Waals surface area contributed by atoms with Gasteiger partial charge >= 0.3 is 0 Å². The van der Waals surface area contributed by atoms with Gasteiger partial charge in [0.2, 0.25) is 0 Å². The Bertz CT molecular complexity index is 667. The lowest BCUT2D eigenvalue weighted by molar-refractivity contribution is -0.906. The van der Waals surface area contributed by atoms with Crippen LogP contribution in [0.4, 0.5) is 0 Å². The topological polar surface area (TPSA) is 37.7 Å². The zero-order valence-corrected chi connectivity index (χ0v) is 16.9. The summed E-state index contributed by atoms with van der Waals surface area (Å²) >= 11 is 7.32. The number of thiophene rings is 1. The Kier molecular flexibility index (Phi) is 7.43. The second kappa shape index (κ2) is 10.0. The van der Waals surface area contributed by atoms with Crippen LogP contribution in [0.15, 0.2) is 41.8 Å². The number of aryl methyl sites for hydroxylation is 1. The Balaban J connectivity index is 1.57. The summed E-state index contributed by atoms with van der Waals surface area (Å²) in [4.78, 5) is 2.86. The number of benzene rings is 1. The molecule has 1 atom stereocenters. The number of thiocarbonyl (C=S) groups is 1. The standard InChI is InChI=1S/C20H27N3OS2/c1-2-16-5-7-17(8-6-16)19(18-4-3-15-26-18)22-20(25)21-9-10-23-11-13-24-14-12-23/h3-8,15,19H,2,9-14H2,1H3,(H2,21,22,25)/p+1/t19-/m0/s1. The van der Waals surface area contributed by atoms with Crippen LogP contribution in [0.2, 0.25) is 0 Å². The normalized spacial score (nSPS) is 16.2. The van der Waals surface area contributed by atoms with Crippen LogP contribution in [0, 0.1) is 0 Å². The van der Waals surface area contributed by atoms with Gasteiger partial charge < -0.3 is 20.3 Å². The molecule has 0 saturated carbocycles. The third-order valence-corrected chi connectivity index (χ3v) is 5.99. The van der Waals surface area contributed by atoms with Gasteiger partial charge in [0.15, 0.2) is 5.11 Å². The van der Waals surface area contributed by atoms with E-state index in [9.17, 15) is 0 Å². The first-order valence-corrected chi connectivity index (χ1v) is 10.6. The Morgan fingerprint density at radius 3 is 2.65 bits per heavy atom. The lowest BCUT2D eigenvalue weighted by atomic mass is 10.0. The third-order valence-electron chi connectivity index (χ3n) is 4.79. The van der Waals surface area contributed by atoms with E-state index in [0.29, 0.717) is 0 Å². The van der Waals surface area contributed by atoms with Crippen LogP contribution >= 0.6 is 23.6 Å². The number of ether oxygens (including phenoxy) is 1. The van der Waals surface area contributed by atoms with E-state index < -0.39 is 0 Å². The van der Waals surface area contributed by atoms with Crippen LogP contribution in [0.5, 0.6) is 0 Å². The van der Waals surface area contributed by atoms with Gasteiger partial charge in [0.1, 0.15) is 13.1 Å². The quantitative estimate of drug-likeness (QED) is 0.630. The highest BCUT2D eigenvalue weighted by molar-refractivity contribution is 7.80. The highest BCUT2D eigenvalue weighted by Gasteiger charge is 2.17. The van der Waals surface area contributed by atoms with Gasteiger partial charge in [0, 0.05) is 4.88 Å². The summed E-state index contributed by atoms with van der Waals surface area (Å²) < 4.78 is 5.41. The predicted molar refractivity (Wildman–Crippen MR) is 112 cm³/mol. The molecule has 1 aromatic heterocycles. The summed E-state index contributed by atoms with van der Waals surface area (Å²) in [5.41, 5.74) is 2.60. The average Bonchev–Trinajstić information content (AvgIpc) is 3.22. The highest BCUT2D eigenvalue weighted by atomic mass is 32.1. The minimum absolute atomic E-state index is 0.0941. The summed E-state index contributed by atoms with van der Waals surface area (Å²) in [7, 11) is 0. The SMILES string of the molecule is CCc1ccc([C@H](NC(=S)NCC[NH+]2CCOCC2)c2cccs2)cc1. The molecule has 0 unspecified atom stereocenters. The number of hydrogen-bond acceptors (Lipinski definition) is 3. The Morgan fingerprint density at radius 2 is 2.00 bits per heavy atom. The van der Waals surface area contributed by atoms with Crippen molar-refractivity contribution in [2.45, 2.75) is 19.4 Å². The third kappa shape index (κ3) is 5.51. The number of quaternary nitrogens is 1. The molecule has 0 amide bonds. The lowest BCUT2D eigenvalue weighted by Gasteiger charge is -2.25. The maximum atomic E-state index is 5.57. The largest absolute Gasteiger partial charge is 0.370 e. The number of hydrogen-bond donors (Lipinski definition) is 3. The molecule has 1 fully saturated rings. The number of morpholine rings is 1. The molecule has 3 rings (SSSR count). The first-order chi connectivity index (χ1) is 12.8. The molecule has 1 saturated heterocycles. The van der Waals surface area contributed by atoms with Crippen LogP contribution in [0.1, 0.15) is 29.0 Å². The van der Waals surface area contributed by atoms with E-state index >= 15 is 0 Å². The van der Waals surface area contributed by atoms with E-state index in [1.54, 1.807) is 16.2 Å². The van der Waals surface area contributed by atoms with Crippen molar-refractivity contribution in [1.82, 2.24) is 10.6 Å². The molecule has 2 aromatic rings. The predicted octanol–water partition coefficient (Wildman–Crippen LogP) is 1.78. The molecule has 2 heterocycles. The fraction of sp³-hybridized carbons (Fsp3) is 0.450. The van der Waals surface area contributed by atoms with Gasteiger partial charge in [-0.25, -0.2) is 0 Å². The van der Waals surface area contributed by atoms with Gasteiger partial charge in [-0.05, 0) is 41.2 Å². The lowest BCUT2D eigenvalue weighted by Crippen LogP contribution is -3.14. The molecule has 1 aromatic carbocycles. The van der Waals surface area contributed by atoms with Crippen LogP contribution < -0.4 is 15.5 Å². The van der Waals surface area contributed by atoms with Crippen LogP contribution in [-0.2, 0) is 11.2 Å². The second-order valence-corrected chi connectivity index (χ2v) is 7.94. The van der Waals surface area contributed by atoms with Crippen molar-refractivity contribution in [2.75, 3.05) is 39.4 Å². The zero-order valence-electron chi connectivity index (χ0n) is 15.3. The fourth-order valence-corrected chi connectivity index (χ4v) is 4.19. The van der Waals surface area contributed by atoms with Gasteiger partial charge in [-0.1, -0.05) is 37.3 Å². The van der Waals surface area contributed by atoms with Crippen molar-refractivity contribution in [3.05, 3.63) is 57.8 Å². The van der Waals surface area contributed by atoms with Gasteiger partial charge in [0.25, 0.3) is 0 Å². The number of nitrogens with one attached hydrogen (secondary N) is 3. The minimum atomic E-state index is 0.0941. The van der Waals surface area contributed by atoms with E-state index in [2.05, 4.69) is 59.3 Å². The molecule has 26 heavy (non-hydrogen) atoms. The monoisotopic (exact) mass is 390 g/mol. The molecule has 1 aliphatic heterocycles. The van der Waals surface area contributed by atoms with Gasteiger partial charge in [-0.2, -0.15) is 0 Å². The van der Waals surface area contributed by atoms with Crippen molar-refractivity contribution < 1.29 is 9.64 Å². The molecule has 1 aliphatic rings. The maximum absolute atomic E-state index is 5.57. The zero-order chi connectivity index (χ0) is 18.2. The smallest absolute Gasteiger partial charge is 0.167 e. The molecule has 140 valence electrons. The van der Waals surface area contributed by atoms with Crippen molar-refractivity contribution >= 4 is 28.7 Å². The molecule has 0 bridgehead atoms. The fourth-order valence-electron chi connectivity index (χ4n) is 3.17. The van der Waals surface area contributed by atoms with E-state index in [0.717, 1.165) is 50.9 Å². The molecule has 0 aliphatic carbocycles. The van der Waals surface area contributed by atoms with Gasteiger partial charge in [-0.15, -0.1) is 11.3 Å². The molecule has 4 nitrogen and oxygen atoms in total. The molecular weight excluding hydrogens is 362 g/mol. The molecule has 0 radical (unpaired) electrons. The highest BCUT2D eigenvalue weighted by Crippen LogP contribution is 2.26. The van der Waals surface area contributed by atoms with E-state index in [-0.39, 0.29) is 6.04 Å². The van der Waals surface area contributed by atoms with E-state index in [1.165, 1.54) is 16.0 Å². The minimum Gasteiger partial charge on any atom is -0.370 e. The summed E-state index contributed by atoms with van der Waals surface area (Å²) in [6.45, 7) is 8.04. The summed E-state index contributed by atoms with van der Waals surface area (Å²) in [5, 5.41) is 9.72. The Morgan fingerprint density at radius 1 is 1.23 bits per heavy atom.